The van der Waals surface area contributed by atoms with Gasteiger partial charge in [-0.3, -0.25) is 4.90 Å². The van der Waals surface area contributed by atoms with Crippen LogP contribution >= 0.6 is 0 Å². The molecule has 1 fully saturated rings. The molecule has 108 valence electrons. The molecular weight excluding hydrogens is 246 g/mol. The van der Waals surface area contributed by atoms with Crippen molar-refractivity contribution in [3.63, 3.8) is 0 Å². The van der Waals surface area contributed by atoms with Crippen molar-refractivity contribution in [2.75, 3.05) is 13.1 Å². The lowest BCUT2D eigenvalue weighted by molar-refractivity contribution is 0.177. The maximum absolute atomic E-state index is 8.99. The number of hydrogen-bond donors (Lipinski definition) is 1. The Kier molecular flexibility index (Phi) is 5.58. The van der Waals surface area contributed by atoms with Crippen molar-refractivity contribution >= 4 is 0 Å². The summed E-state index contributed by atoms with van der Waals surface area (Å²) in [5, 5.41) is 12.6. The van der Waals surface area contributed by atoms with E-state index >= 15 is 0 Å². The van der Waals surface area contributed by atoms with Crippen LogP contribution in [0.25, 0.3) is 0 Å². The second kappa shape index (κ2) is 7.42. The summed E-state index contributed by atoms with van der Waals surface area (Å²) in [4.78, 5) is 2.50. The predicted octanol–water partition coefficient (Wildman–Crippen LogP) is 2.91. The molecule has 0 amide bonds. The van der Waals surface area contributed by atoms with Gasteiger partial charge in [0.15, 0.2) is 0 Å². The Hall–Kier alpha value is -1.37. The van der Waals surface area contributed by atoms with Crippen LogP contribution in [0.4, 0.5) is 0 Å². The molecule has 0 aliphatic carbocycles. The maximum atomic E-state index is 8.99. The molecule has 1 atom stereocenters. The minimum absolute atomic E-state index is 0.518. The highest BCUT2D eigenvalue weighted by Gasteiger charge is 2.18. The van der Waals surface area contributed by atoms with Gasteiger partial charge < -0.3 is 5.32 Å². The molecule has 1 aliphatic heterocycles. The summed E-state index contributed by atoms with van der Waals surface area (Å²) in [7, 11) is 0. The second-order valence-corrected chi connectivity index (χ2v) is 5.98. The highest BCUT2D eigenvalue weighted by Crippen LogP contribution is 2.14. The van der Waals surface area contributed by atoms with Crippen molar-refractivity contribution in [1.29, 1.82) is 5.26 Å². The Balaban J connectivity index is 1.99. The third-order valence-electron chi connectivity index (χ3n) is 4.04. The Labute approximate surface area is 122 Å². The van der Waals surface area contributed by atoms with E-state index in [-0.39, 0.29) is 0 Å². The molecule has 0 radical (unpaired) electrons. The van der Waals surface area contributed by atoms with Crippen molar-refractivity contribution in [3.8, 4) is 6.07 Å². The summed E-state index contributed by atoms with van der Waals surface area (Å²) in [6.07, 6.45) is 3.93. The zero-order chi connectivity index (χ0) is 14.4. The van der Waals surface area contributed by atoms with E-state index in [1.165, 1.54) is 24.8 Å². The van der Waals surface area contributed by atoms with E-state index in [0.29, 0.717) is 12.1 Å². The molecule has 0 bridgehead atoms. The number of rotatable bonds is 5. The molecule has 1 N–H and O–H groups in total. The number of benzene rings is 1. The van der Waals surface area contributed by atoms with Gasteiger partial charge in [0.05, 0.1) is 11.6 Å². The van der Waals surface area contributed by atoms with Gasteiger partial charge >= 0.3 is 0 Å². The highest BCUT2D eigenvalue weighted by molar-refractivity contribution is 5.32. The molecule has 3 nitrogen and oxygen atoms in total. The minimum Gasteiger partial charge on any atom is -0.313 e. The summed E-state index contributed by atoms with van der Waals surface area (Å²) in [5.41, 5.74) is 1.98. The number of nitriles is 1. The van der Waals surface area contributed by atoms with Gasteiger partial charge in [0.2, 0.25) is 0 Å². The Morgan fingerprint density at radius 2 is 2.25 bits per heavy atom. The summed E-state index contributed by atoms with van der Waals surface area (Å²) >= 11 is 0. The maximum Gasteiger partial charge on any atom is 0.0991 e. The van der Waals surface area contributed by atoms with E-state index in [0.717, 1.165) is 25.2 Å². The van der Waals surface area contributed by atoms with Crippen molar-refractivity contribution in [3.05, 3.63) is 35.4 Å². The average molecular weight is 271 g/mol. The fourth-order valence-corrected chi connectivity index (χ4v) is 2.79. The lowest BCUT2D eigenvalue weighted by Crippen LogP contribution is -2.45. The van der Waals surface area contributed by atoms with Crippen LogP contribution in [-0.2, 0) is 6.54 Å². The van der Waals surface area contributed by atoms with Crippen LogP contribution in [-0.4, -0.2) is 30.1 Å². The molecule has 1 aromatic carbocycles. The number of piperidine rings is 1. The molecule has 0 spiro atoms. The monoisotopic (exact) mass is 271 g/mol. The van der Waals surface area contributed by atoms with Gasteiger partial charge in [-0.05, 0) is 50.9 Å². The Morgan fingerprint density at radius 1 is 1.40 bits per heavy atom. The van der Waals surface area contributed by atoms with Gasteiger partial charge in [-0.2, -0.15) is 5.26 Å². The van der Waals surface area contributed by atoms with Crippen LogP contribution < -0.4 is 5.32 Å². The summed E-state index contributed by atoms with van der Waals surface area (Å²) in [6.45, 7) is 7.66. The molecule has 0 aromatic heterocycles. The van der Waals surface area contributed by atoms with E-state index in [9.17, 15) is 0 Å². The first-order valence-corrected chi connectivity index (χ1v) is 7.65. The summed E-state index contributed by atoms with van der Waals surface area (Å²) in [5.74, 6) is 0. The zero-order valence-electron chi connectivity index (χ0n) is 12.6. The van der Waals surface area contributed by atoms with E-state index < -0.39 is 0 Å². The molecule has 20 heavy (non-hydrogen) atoms. The Bertz CT molecular complexity index is 456. The van der Waals surface area contributed by atoms with Gasteiger partial charge in [-0.1, -0.05) is 18.6 Å². The molecule has 1 aromatic rings. The average Bonchev–Trinajstić information content (AvgIpc) is 2.48. The van der Waals surface area contributed by atoms with Gasteiger partial charge in [0, 0.05) is 25.2 Å². The number of nitrogens with one attached hydrogen (secondary N) is 1. The molecule has 1 heterocycles. The fourth-order valence-electron chi connectivity index (χ4n) is 2.79. The predicted molar refractivity (Wildman–Crippen MR) is 82.3 cm³/mol. The van der Waals surface area contributed by atoms with Crippen LogP contribution in [0.1, 0.15) is 44.2 Å². The van der Waals surface area contributed by atoms with Crippen LogP contribution in [0, 0.1) is 11.3 Å². The first-order valence-electron chi connectivity index (χ1n) is 7.65. The molecule has 1 unspecified atom stereocenters. The van der Waals surface area contributed by atoms with E-state index in [2.05, 4.69) is 36.2 Å². The lowest BCUT2D eigenvalue weighted by atomic mass is 10.0. The minimum atomic E-state index is 0.518. The number of hydrogen-bond acceptors (Lipinski definition) is 3. The molecule has 2 rings (SSSR count). The van der Waals surface area contributed by atoms with Crippen LogP contribution in [0.2, 0.25) is 0 Å². The standard InChI is InChI=1S/C17H25N3/c1-14(2)20(13-17-8-3-4-9-19-17)12-16-7-5-6-15(10-16)11-18/h5-7,10,14,17,19H,3-4,8-9,12-13H2,1-2H3. The molecule has 3 heteroatoms. The number of nitrogens with zero attached hydrogens (tertiary/aromatic N) is 2. The Morgan fingerprint density at radius 3 is 2.90 bits per heavy atom. The van der Waals surface area contributed by atoms with Crippen molar-refractivity contribution in [2.45, 2.75) is 51.7 Å². The van der Waals surface area contributed by atoms with Gasteiger partial charge in [-0.15, -0.1) is 0 Å². The largest absolute Gasteiger partial charge is 0.313 e. The van der Waals surface area contributed by atoms with Gasteiger partial charge in [0.1, 0.15) is 0 Å². The van der Waals surface area contributed by atoms with Crippen LogP contribution in [0.5, 0.6) is 0 Å². The van der Waals surface area contributed by atoms with Crippen LogP contribution in [0.3, 0.4) is 0 Å². The third-order valence-corrected chi connectivity index (χ3v) is 4.04. The zero-order valence-corrected chi connectivity index (χ0v) is 12.6. The smallest absolute Gasteiger partial charge is 0.0991 e. The second-order valence-electron chi connectivity index (χ2n) is 5.98. The fraction of sp³-hybridized carbons (Fsp3) is 0.588. The topological polar surface area (TPSA) is 39.1 Å². The van der Waals surface area contributed by atoms with E-state index in [1.54, 1.807) is 0 Å². The normalized spacial score (nSPS) is 19.2. The highest BCUT2D eigenvalue weighted by atomic mass is 15.2. The third kappa shape index (κ3) is 4.33. The van der Waals surface area contributed by atoms with E-state index in [4.69, 9.17) is 5.26 Å². The summed E-state index contributed by atoms with van der Waals surface area (Å²) in [6, 6.07) is 11.3. The van der Waals surface area contributed by atoms with Crippen molar-refractivity contribution < 1.29 is 0 Å². The lowest BCUT2D eigenvalue weighted by Gasteiger charge is -2.33. The van der Waals surface area contributed by atoms with Gasteiger partial charge in [-0.25, -0.2) is 0 Å². The molecule has 0 saturated carbocycles. The van der Waals surface area contributed by atoms with E-state index in [1.807, 2.05) is 18.2 Å². The quantitative estimate of drug-likeness (QED) is 0.895. The SMILES string of the molecule is CC(C)N(Cc1cccc(C#N)c1)CC1CCCCN1. The summed E-state index contributed by atoms with van der Waals surface area (Å²) < 4.78 is 0. The first-order chi connectivity index (χ1) is 9.69. The molecule has 1 aliphatic rings. The molecular formula is C17H25N3. The first kappa shape index (κ1) is 15.0. The van der Waals surface area contributed by atoms with Crippen molar-refractivity contribution in [2.24, 2.45) is 0 Å². The van der Waals surface area contributed by atoms with Crippen molar-refractivity contribution in [1.82, 2.24) is 10.2 Å². The molecule has 1 saturated heterocycles. The van der Waals surface area contributed by atoms with Crippen LogP contribution in [0.15, 0.2) is 24.3 Å². The van der Waals surface area contributed by atoms with Gasteiger partial charge in [0.25, 0.3) is 0 Å².